The van der Waals surface area contributed by atoms with E-state index in [1.807, 2.05) is 25.2 Å². The van der Waals surface area contributed by atoms with Gasteiger partial charge in [-0.05, 0) is 30.6 Å². The third-order valence-electron chi connectivity index (χ3n) is 2.95. The van der Waals surface area contributed by atoms with E-state index in [0.717, 1.165) is 29.0 Å². The second-order valence-corrected chi connectivity index (χ2v) is 5.20. The smallest absolute Gasteiger partial charge is 0.112 e. The highest BCUT2D eigenvalue weighted by atomic mass is 32.2. The van der Waals surface area contributed by atoms with Crippen LogP contribution < -0.4 is 0 Å². The Morgan fingerprint density at radius 1 is 1.41 bits per heavy atom. The van der Waals surface area contributed by atoms with Crippen LogP contribution in [-0.4, -0.2) is 32.8 Å². The van der Waals surface area contributed by atoms with E-state index in [4.69, 9.17) is 0 Å². The van der Waals surface area contributed by atoms with Gasteiger partial charge in [0.05, 0.1) is 17.1 Å². The van der Waals surface area contributed by atoms with Crippen LogP contribution in [-0.2, 0) is 13.5 Å². The summed E-state index contributed by atoms with van der Waals surface area (Å²) in [5.41, 5.74) is 2.13. The van der Waals surface area contributed by atoms with Crippen LogP contribution in [0, 0.1) is 0 Å². The number of aromatic nitrogens is 2. The quantitative estimate of drug-likeness (QED) is 0.884. The third kappa shape index (κ3) is 2.82. The molecule has 1 heterocycles. The van der Waals surface area contributed by atoms with Crippen LogP contribution in [0.5, 0.6) is 0 Å². The maximum atomic E-state index is 9.92. The lowest BCUT2D eigenvalue weighted by Gasteiger charge is -2.09. The number of imidazole rings is 1. The molecule has 92 valence electrons. The number of benzene rings is 1. The second kappa shape index (κ2) is 5.56. The lowest BCUT2D eigenvalue weighted by molar-refractivity contribution is 0.169. The van der Waals surface area contributed by atoms with Crippen molar-refractivity contribution in [2.45, 2.75) is 18.9 Å². The first kappa shape index (κ1) is 12.5. The van der Waals surface area contributed by atoms with Crippen LogP contribution in [0.3, 0.4) is 0 Å². The Morgan fingerprint density at radius 3 is 2.88 bits per heavy atom. The predicted molar refractivity (Wildman–Crippen MR) is 73.4 cm³/mol. The average Bonchev–Trinajstić information content (AvgIpc) is 2.64. The fourth-order valence-corrected chi connectivity index (χ4v) is 2.45. The van der Waals surface area contributed by atoms with Gasteiger partial charge in [-0.1, -0.05) is 12.1 Å². The van der Waals surface area contributed by atoms with Gasteiger partial charge in [0, 0.05) is 13.5 Å². The zero-order valence-electron chi connectivity index (χ0n) is 10.3. The minimum absolute atomic E-state index is 0.294. The van der Waals surface area contributed by atoms with Gasteiger partial charge in [-0.2, -0.15) is 11.8 Å². The number of aryl methyl sites for hydroxylation is 1. The van der Waals surface area contributed by atoms with E-state index < -0.39 is 0 Å². The molecule has 1 N–H and O–H groups in total. The summed E-state index contributed by atoms with van der Waals surface area (Å²) in [5, 5.41) is 9.92. The monoisotopic (exact) mass is 250 g/mol. The van der Waals surface area contributed by atoms with Crippen molar-refractivity contribution in [2.24, 2.45) is 7.05 Å². The first-order chi connectivity index (χ1) is 8.22. The molecule has 0 fully saturated rings. The van der Waals surface area contributed by atoms with Gasteiger partial charge in [-0.25, -0.2) is 4.98 Å². The molecule has 1 aromatic heterocycles. The molecular formula is C13H18N2OS. The Kier molecular flexibility index (Phi) is 4.07. The molecule has 2 aromatic rings. The van der Waals surface area contributed by atoms with E-state index in [1.54, 1.807) is 11.8 Å². The van der Waals surface area contributed by atoms with Crippen LogP contribution in [0.15, 0.2) is 24.3 Å². The zero-order chi connectivity index (χ0) is 12.3. The number of fused-ring (bicyclic) bond motifs is 1. The molecule has 0 spiro atoms. The number of para-hydroxylation sites is 2. The van der Waals surface area contributed by atoms with E-state index in [-0.39, 0.29) is 6.10 Å². The number of nitrogens with zero attached hydrogens (tertiary/aromatic N) is 2. The Balaban J connectivity index is 2.16. The molecule has 2 rings (SSSR count). The third-order valence-corrected chi connectivity index (χ3v) is 3.60. The highest BCUT2D eigenvalue weighted by molar-refractivity contribution is 7.98. The summed E-state index contributed by atoms with van der Waals surface area (Å²) in [6, 6.07) is 8.06. The summed E-state index contributed by atoms with van der Waals surface area (Å²) in [6.07, 6.45) is 3.22. The molecular weight excluding hydrogens is 232 g/mol. The average molecular weight is 250 g/mol. The van der Waals surface area contributed by atoms with E-state index in [2.05, 4.69) is 21.9 Å². The van der Waals surface area contributed by atoms with E-state index in [1.165, 1.54) is 0 Å². The standard InChI is InChI=1S/C13H18N2OS/c1-15-12-6-4-3-5-11(12)14-13(15)9-10(16)7-8-17-2/h3-6,10,16H,7-9H2,1-2H3. The maximum absolute atomic E-state index is 9.92. The molecule has 0 saturated carbocycles. The molecule has 0 bridgehead atoms. The summed E-state index contributed by atoms with van der Waals surface area (Å²) in [7, 11) is 2.01. The number of hydrogen-bond donors (Lipinski definition) is 1. The van der Waals surface area contributed by atoms with Crippen LogP contribution in [0.4, 0.5) is 0 Å². The van der Waals surface area contributed by atoms with Crippen molar-refractivity contribution >= 4 is 22.8 Å². The SMILES string of the molecule is CSCCC(O)Cc1nc2ccccc2n1C. The van der Waals surface area contributed by atoms with Gasteiger partial charge in [0.15, 0.2) is 0 Å². The fourth-order valence-electron chi connectivity index (χ4n) is 1.94. The number of aliphatic hydroxyl groups excluding tert-OH is 1. The summed E-state index contributed by atoms with van der Waals surface area (Å²) < 4.78 is 2.07. The summed E-state index contributed by atoms with van der Waals surface area (Å²) in [5.74, 6) is 1.95. The molecule has 1 aromatic carbocycles. The Bertz CT molecular complexity index is 495. The minimum atomic E-state index is -0.294. The Hall–Kier alpha value is -1.00. The molecule has 0 amide bonds. The number of rotatable bonds is 5. The molecule has 0 aliphatic carbocycles. The molecule has 3 nitrogen and oxygen atoms in total. The van der Waals surface area contributed by atoms with E-state index in [9.17, 15) is 5.11 Å². The van der Waals surface area contributed by atoms with Crippen molar-refractivity contribution in [3.63, 3.8) is 0 Å². The molecule has 1 atom stereocenters. The van der Waals surface area contributed by atoms with Gasteiger partial charge >= 0.3 is 0 Å². The lowest BCUT2D eigenvalue weighted by Crippen LogP contribution is -2.14. The van der Waals surface area contributed by atoms with Crippen molar-refractivity contribution in [3.8, 4) is 0 Å². The van der Waals surface area contributed by atoms with Gasteiger partial charge < -0.3 is 9.67 Å². The van der Waals surface area contributed by atoms with Gasteiger partial charge in [0.2, 0.25) is 0 Å². The molecule has 4 heteroatoms. The minimum Gasteiger partial charge on any atom is -0.393 e. The van der Waals surface area contributed by atoms with E-state index in [0.29, 0.717) is 6.42 Å². The topological polar surface area (TPSA) is 38.1 Å². The summed E-state index contributed by atoms with van der Waals surface area (Å²) >= 11 is 1.76. The zero-order valence-corrected chi connectivity index (χ0v) is 11.1. The molecule has 0 aliphatic rings. The Labute approximate surface area is 106 Å². The highest BCUT2D eigenvalue weighted by Gasteiger charge is 2.11. The second-order valence-electron chi connectivity index (χ2n) is 4.22. The van der Waals surface area contributed by atoms with Gasteiger partial charge in [0.1, 0.15) is 5.82 Å². The molecule has 0 aliphatic heterocycles. The lowest BCUT2D eigenvalue weighted by atomic mass is 10.2. The fraction of sp³-hybridized carbons (Fsp3) is 0.462. The molecule has 0 saturated heterocycles. The van der Waals surface area contributed by atoms with Crippen molar-refractivity contribution in [1.29, 1.82) is 0 Å². The molecule has 1 unspecified atom stereocenters. The first-order valence-corrected chi connectivity index (χ1v) is 7.19. The van der Waals surface area contributed by atoms with Crippen molar-refractivity contribution in [3.05, 3.63) is 30.1 Å². The van der Waals surface area contributed by atoms with Crippen molar-refractivity contribution in [2.75, 3.05) is 12.0 Å². The van der Waals surface area contributed by atoms with Crippen LogP contribution in [0.2, 0.25) is 0 Å². The predicted octanol–water partition coefficient (Wildman–Crippen LogP) is 2.23. The van der Waals surface area contributed by atoms with E-state index >= 15 is 0 Å². The van der Waals surface area contributed by atoms with Gasteiger partial charge in [-0.15, -0.1) is 0 Å². The summed E-state index contributed by atoms with van der Waals surface area (Å²) in [4.78, 5) is 4.56. The van der Waals surface area contributed by atoms with Gasteiger partial charge in [-0.3, -0.25) is 0 Å². The highest BCUT2D eigenvalue weighted by Crippen LogP contribution is 2.16. The number of aliphatic hydroxyl groups is 1. The summed E-state index contributed by atoms with van der Waals surface area (Å²) in [6.45, 7) is 0. The molecule has 0 radical (unpaired) electrons. The normalized spacial score (nSPS) is 13.1. The Morgan fingerprint density at radius 2 is 2.18 bits per heavy atom. The maximum Gasteiger partial charge on any atom is 0.112 e. The van der Waals surface area contributed by atoms with Crippen molar-refractivity contribution < 1.29 is 5.11 Å². The van der Waals surface area contributed by atoms with Crippen LogP contribution in [0.1, 0.15) is 12.2 Å². The molecule has 17 heavy (non-hydrogen) atoms. The number of hydrogen-bond acceptors (Lipinski definition) is 3. The number of thioether (sulfide) groups is 1. The largest absolute Gasteiger partial charge is 0.393 e. The van der Waals surface area contributed by atoms with Crippen molar-refractivity contribution in [1.82, 2.24) is 9.55 Å². The van der Waals surface area contributed by atoms with Crippen LogP contribution in [0.25, 0.3) is 11.0 Å². The van der Waals surface area contributed by atoms with Gasteiger partial charge in [0.25, 0.3) is 0 Å². The first-order valence-electron chi connectivity index (χ1n) is 5.79. The van der Waals surface area contributed by atoms with Crippen LogP contribution >= 0.6 is 11.8 Å².